The van der Waals surface area contributed by atoms with Crippen LogP contribution in [0, 0.1) is 0 Å². The third-order valence-corrected chi connectivity index (χ3v) is 3.44. The first kappa shape index (κ1) is 13.8. The summed E-state index contributed by atoms with van der Waals surface area (Å²) < 4.78 is 0. The summed E-state index contributed by atoms with van der Waals surface area (Å²) in [7, 11) is 0. The number of nitrogens with one attached hydrogen (secondary N) is 1. The smallest absolute Gasteiger partial charge is 0.339 e. The molecule has 0 fully saturated rings. The summed E-state index contributed by atoms with van der Waals surface area (Å²) in [5, 5.41) is 26.3. The van der Waals surface area contributed by atoms with Gasteiger partial charge in [-0.15, -0.1) is 0 Å². The molecule has 0 amide bonds. The Morgan fingerprint density at radius 1 is 1.14 bits per heavy atom. The molecule has 0 atom stereocenters. The molecule has 6 nitrogen and oxygen atoms in total. The fraction of sp³-hybridized carbons (Fsp3) is 0.0625. The lowest BCUT2D eigenvalue weighted by molar-refractivity contribution is 0.0693. The SMILES string of the molecule is O=C(O)c1cc(Cc2n[nH]c(=O)c3ccccc23)ccc1O. The number of aromatic amines is 1. The number of nitrogens with zero attached hydrogens (tertiary/aromatic N) is 1. The van der Waals surface area contributed by atoms with E-state index >= 15 is 0 Å². The minimum absolute atomic E-state index is 0.161. The van der Waals surface area contributed by atoms with E-state index in [0.29, 0.717) is 23.1 Å². The molecule has 3 N–H and O–H groups in total. The first-order valence-electron chi connectivity index (χ1n) is 6.58. The predicted octanol–water partition coefficient (Wildman–Crippen LogP) is 1.92. The van der Waals surface area contributed by atoms with E-state index in [1.165, 1.54) is 12.1 Å². The van der Waals surface area contributed by atoms with Crippen molar-refractivity contribution in [1.29, 1.82) is 0 Å². The zero-order chi connectivity index (χ0) is 15.7. The van der Waals surface area contributed by atoms with Crippen LogP contribution in [0.15, 0.2) is 47.3 Å². The van der Waals surface area contributed by atoms with Gasteiger partial charge in [-0.3, -0.25) is 4.79 Å². The van der Waals surface area contributed by atoms with Crippen molar-refractivity contribution >= 4 is 16.7 Å². The number of phenols is 1. The summed E-state index contributed by atoms with van der Waals surface area (Å²) in [6, 6.07) is 11.5. The normalized spacial score (nSPS) is 10.7. The summed E-state index contributed by atoms with van der Waals surface area (Å²) in [6.45, 7) is 0. The number of carboxylic acids is 1. The van der Waals surface area contributed by atoms with Crippen LogP contribution >= 0.6 is 0 Å². The van der Waals surface area contributed by atoms with Crippen molar-refractivity contribution < 1.29 is 15.0 Å². The fourth-order valence-electron chi connectivity index (χ4n) is 2.36. The number of rotatable bonds is 3. The van der Waals surface area contributed by atoms with Gasteiger partial charge in [0.2, 0.25) is 0 Å². The number of aromatic carboxylic acids is 1. The molecule has 110 valence electrons. The van der Waals surface area contributed by atoms with Crippen molar-refractivity contribution in [1.82, 2.24) is 10.2 Å². The summed E-state index contributed by atoms with van der Waals surface area (Å²) in [4.78, 5) is 22.8. The molecule has 3 rings (SSSR count). The van der Waals surface area contributed by atoms with Gasteiger partial charge in [-0.25, -0.2) is 9.89 Å². The molecule has 0 aliphatic rings. The molecule has 0 spiro atoms. The predicted molar refractivity (Wildman–Crippen MR) is 80.2 cm³/mol. The molecule has 0 saturated carbocycles. The summed E-state index contributed by atoms with van der Waals surface area (Å²) in [5.74, 6) is -1.48. The molecule has 1 heterocycles. The van der Waals surface area contributed by atoms with Crippen molar-refractivity contribution in [2.24, 2.45) is 0 Å². The Kier molecular flexibility index (Phi) is 3.34. The Balaban J connectivity index is 2.08. The van der Waals surface area contributed by atoms with Gasteiger partial charge in [0, 0.05) is 11.8 Å². The zero-order valence-electron chi connectivity index (χ0n) is 11.4. The third kappa shape index (κ3) is 2.42. The highest BCUT2D eigenvalue weighted by molar-refractivity contribution is 5.91. The van der Waals surface area contributed by atoms with Crippen LogP contribution in [0.4, 0.5) is 0 Å². The first-order valence-corrected chi connectivity index (χ1v) is 6.58. The Morgan fingerprint density at radius 2 is 1.86 bits per heavy atom. The van der Waals surface area contributed by atoms with E-state index in [2.05, 4.69) is 10.2 Å². The molecule has 2 aromatic carbocycles. The van der Waals surface area contributed by atoms with Crippen LogP contribution in [0.25, 0.3) is 10.8 Å². The van der Waals surface area contributed by atoms with Gasteiger partial charge in [-0.05, 0) is 23.8 Å². The lowest BCUT2D eigenvalue weighted by Gasteiger charge is -2.07. The highest BCUT2D eigenvalue weighted by atomic mass is 16.4. The van der Waals surface area contributed by atoms with Crippen LogP contribution in [0.3, 0.4) is 0 Å². The van der Waals surface area contributed by atoms with Crippen LogP contribution in [0.2, 0.25) is 0 Å². The maximum absolute atomic E-state index is 11.7. The number of carboxylic acid groups (broad SMARTS) is 1. The second-order valence-corrected chi connectivity index (χ2v) is 4.88. The van der Waals surface area contributed by atoms with Crippen LogP contribution < -0.4 is 5.56 Å². The summed E-state index contributed by atoms with van der Waals surface area (Å²) in [5.41, 5.74) is 0.889. The number of H-pyrrole nitrogens is 1. The Hall–Kier alpha value is -3.15. The molecule has 22 heavy (non-hydrogen) atoms. The van der Waals surface area contributed by atoms with Crippen LogP contribution in [-0.2, 0) is 6.42 Å². The van der Waals surface area contributed by atoms with Crippen molar-refractivity contribution in [3.8, 4) is 5.75 Å². The Labute approximate surface area is 124 Å². The van der Waals surface area contributed by atoms with E-state index in [1.54, 1.807) is 24.3 Å². The van der Waals surface area contributed by atoms with Gasteiger partial charge in [0.25, 0.3) is 5.56 Å². The molecule has 0 bridgehead atoms. The van der Waals surface area contributed by atoms with Crippen LogP contribution in [-0.4, -0.2) is 26.4 Å². The average molecular weight is 296 g/mol. The lowest BCUT2D eigenvalue weighted by Crippen LogP contribution is -2.11. The number of fused-ring (bicyclic) bond motifs is 1. The van der Waals surface area contributed by atoms with Crippen molar-refractivity contribution in [3.63, 3.8) is 0 Å². The average Bonchev–Trinajstić information content (AvgIpc) is 2.52. The van der Waals surface area contributed by atoms with E-state index in [1.807, 2.05) is 6.07 Å². The molecule has 3 aromatic rings. The molecule has 1 aromatic heterocycles. The van der Waals surface area contributed by atoms with E-state index in [4.69, 9.17) is 5.11 Å². The highest BCUT2D eigenvalue weighted by Crippen LogP contribution is 2.21. The van der Waals surface area contributed by atoms with Gasteiger partial charge in [0.15, 0.2) is 0 Å². The van der Waals surface area contributed by atoms with Crippen molar-refractivity contribution in [2.45, 2.75) is 6.42 Å². The Morgan fingerprint density at radius 3 is 2.59 bits per heavy atom. The second kappa shape index (κ2) is 5.33. The summed E-state index contributed by atoms with van der Waals surface area (Å²) >= 11 is 0. The molecule has 6 heteroatoms. The molecule has 0 aliphatic carbocycles. The number of carbonyl (C=O) groups is 1. The second-order valence-electron chi connectivity index (χ2n) is 4.88. The number of benzene rings is 2. The Bertz CT molecular complexity index is 931. The molecule has 0 aliphatic heterocycles. The van der Waals surface area contributed by atoms with Gasteiger partial charge < -0.3 is 10.2 Å². The number of hydrogen-bond donors (Lipinski definition) is 3. The van der Waals surface area contributed by atoms with E-state index in [-0.39, 0.29) is 16.9 Å². The largest absolute Gasteiger partial charge is 0.507 e. The van der Waals surface area contributed by atoms with E-state index in [9.17, 15) is 14.7 Å². The monoisotopic (exact) mass is 296 g/mol. The first-order chi connectivity index (χ1) is 10.6. The summed E-state index contributed by atoms with van der Waals surface area (Å²) in [6.07, 6.45) is 0.345. The minimum atomic E-state index is -1.20. The maximum atomic E-state index is 11.7. The molecular formula is C16H12N2O4. The highest BCUT2D eigenvalue weighted by Gasteiger charge is 2.12. The van der Waals surface area contributed by atoms with Gasteiger partial charge >= 0.3 is 5.97 Å². The fourth-order valence-corrected chi connectivity index (χ4v) is 2.36. The topological polar surface area (TPSA) is 103 Å². The molecule has 0 radical (unpaired) electrons. The van der Waals surface area contributed by atoms with E-state index in [0.717, 1.165) is 5.39 Å². The minimum Gasteiger partial charge on any atom is -0.507 e. The number of aromatic nitrogens is 2. The van der Waals surface area contributed by atoms with E-state index < -0.39 is 5.97 Å². The number of aromatic hydroxyl groups is 1. The van der Waals surface area contributed by atoms with Crippen molar-refractivity contribution in [3.05, 3.63) is 69.6 Å². The number of hydrogen-bond acceptors (Lipinski definition) is 4. The third-order valence-electron chi connectivity index (χ3n) is 3.44. The van der Waals surface area contributed by atoms with Gasteiger partial charge in [-0.1, -0.05) is 24.3 Å². The van der Waals surface area contributed by atoms with Crippen LogP contribution in [0.1, 0.15) is 21.6 Å². The molecule has 0 saturated heterocycles. The molecular weight excluding hydrogens is 284 g/mol. The van der Waals surface area contributed by atoms with Gasteiger partial charge in [0.1, 0.15) is 11.3 Å². The van der Waals surface area contributed by atoms with Crippen LogP contribution in [0.5, 0.6) is 5.75 Å². The van der Waals surface area contributed by atoms with Crippen molar-refractivity contribution in [2.75, 3.05) is 0 Å². The maximum Gasteiger partial charge on any atom is 0.339 e. The van der Waals surface area contributed by atoms with Gasteiger partial charge in [0.05, 0.1) is 11.1 Å². The molecule has 0 unspecified atom stereocenters. The quantitative estimate of drug-likeness (QED) is 0.685. The standard InChI is InChI=1S/C16H12N2O4/c19-14-6-5-9(7-12(14)16(21)22)8-13-10-3-1-2-4-11(10)15(20)18-17-13/h1-7,19H,8H2,(H,18,20)(H,21,22). The zero-order valence-corrected chi connectivity index (χ0v) is 11.4. The van der Waals surface area contributed by atoms with Gasteiger partial charge in [-0.2, -0.15) is 5.10 Å². The lowest BCUT2D eigenvalue weighted by atomic mass is 10.0.